The molecule has 0 bridgehead atoms. The van der Waals surface area contributed by atoms with Crippen LogP contribution in [0.3, 0.4) is 0 Å². The minimum atomic E-state index is -3.87. The van der Waals surface area contributed by atoms with Crippen LogP contribution >= 0.6 is 11.8 Å². The molecule has 2 aliphatic heterocycles. The second kappa shape index (κ2) is 7.90. The van der Waals surface area contributed by atoms with Gasteiger partial charge in [-0.3, -0.25) is 9.69 Å². The molecule has 3 rings (SSSR count). The lowest BCUT2D eigenvalue weighted by Gasteiger charge is -2.48. The van der Waals surface area contributed by atoms with Gasteiger partial charge in [-0.1, -0.05) is 36.9 Å². The maximum atomic E-state index is 12.6. The van der Waals surface area contributed by atoms with Gasteiger partial charge < -0.3 is 13.7 Å². The third-order valence-corrected chi connectivity index (χ3v) is 5.73. The van der Waals surface area contributed by atoms with Crippen molar-refractivity contribution in [2.45, 2.75) is 11.4 Å². The van der Waals surface area contributed by atoms with Gasteiger partial charge in [-0.2, -0.15) is 8.42 Å². The van der Waals surface area contributed by atoms with Crippen LogP contribution in [0.25, 0.3) is 5.76 Å². The highest BCUT2D eigenvalue weighted by Gasteiger charge is 2.55. The molecule has 148 valence electrons. The van der Waals surface area contributed by atoms with E-state index in [-0.39, 0.29) is 17.2 Å². The van der Waals surface area contributed by atoms with E-state index < -0.39 is 33.4 Å². The first-order valence-corrected chi connectivity index (χ1v) is 10.9. The molecule has 1 N–H and O–H groups in total. The quantitative estimate of drug-likeness (QED) is 0.208. The van der Waals surface area contributed by atoms with Crippen molar-refractivity contribution >= 4 is 47.6 Å². The molecule has 9 nitrogen and oxygen atoms in total. The zero-order valence-electron chi connectivity index (χ0n) is 15.1. The molecule has 2 heterocycles. The Balaban J connectivity index is 1.74. The van der Waals surface area contributed by atoms with Gasteiger partial charge in [0.15, 0.2) is 17.5 Å². The largest absolute Gasteiger partial charge is 0.539 e. The van der Waals surface area contributed by atoms with E-state index in [0.29, 0.717) is 5.76 Å². The number of thioether (sulfide) groups is 1. The number of rotatable bonds is 7. The Bertz CT molecular complexity index is 949. The molecule has 1 aromatic rings. The molecular weight excluding hydrogens is 407 g/mol. The molecule has 1 fully saturated rings. The lowest BCUT2D eigenvalue weighted by molar-refractivity contribution is -0.152. The topological polar surface area (TPSA) is 111 Å². The summed E-state index contributed by atoms with van der Waals surface area (Å²) in [6.45, 7) is 3.81. The number of hydrogen-bond donors (Lipinski definition) is 1. The van der Waals surface area contributed by atoms with Crippen LogP contribution in [-0.4, -0.2) is 56.7 Å². The molecule has 0 radical (unpaired) electrons. The van der Waals surface area contributed by atoms with Crippen molar-refractivity contribution < 1.29 is 31.7 Å². The molecule has 2 aliphatic rings. The van der Waals surface area contributed by atoms with Crippen molar-refractivity contribution in [3.8, 4) is 0 Å². The molecule has 28 heavy (non-hydrogen) atoms. The first-order valence-electron chi connectivity index (χ1n) is 8.05. The Hall–Kier alpha value is -2.44. The van der Waals surface area contributed by atoms with Crippen molar-refractivity contribution in [2.24, 2.45) is 0 Å². The molecule has 0 spiro atoms. The number of hydroxylamine groups is 1. The SMILES string of the molecule is BOC(=O)C1=C(OS(C)(=O)=O)CS[C@@H]2[C@H](NOC(=C)c3ccccc3)C(=O)N12. The number of carbonyl (C=O) groups is 2. The van der Waals surface area contributed by atoms with E-state index in [9.17, 15) is 18.0 Å². The smallest absolute Gasteiger partial charge is 0.340 e. The minimum absolute atomic E-state index is 0.0732. The number of nitrogens with one attached hydrogen (secondary N) is 1. The summed E-state index contributed by atoms with van der Waals surface area (Å²) < 4.78 is 32.5. The third kappa shape index (κ3) is 4.03. The molecule has 1 saturated heterocycles. The highest BCUT2D eigenvalue weighted by atomic mass is 32.2. The summed E-state index contributed by atoms with van der Waals surface area (Å²) in [5.74, 6) is -1.07. The molecule has 1 amide bonds. The maximum Gasteiger partial charge on any atom is 0.340 e. The highest BCUT2D eigenvalue weighted by Crippen LogP contribution is 2.41. The Morgan fingerprint density at radius 3 is 2.64 bits per heavy atom. The van der Waals surface area contributed by atoms with E-state index in [1.54, 1.807) is 12.1 Å². The van der Waals surface area contributed by atoms with Gasteiger partial charge >= 0.3 is 24.1 Å². The Kier molecular flexibility index (Phi) is 5.73. The van der Waals surface area contributed by atoms with Crippen LogP contribution in [-0.2, 0) is 33.4 Å². The van der Waals surface area contributed by atoms with Crippen LogP contribution in [0, 0.1) is 0 Å². The van der Waals surface area contributed by atoms with Crippen LogP contribution in [0.5, 0.6) is 0 Å². The van der Waals surface area contributed by atoms with Gasteiger partial charge in [0, 0.05) is 5.56 Å². The summed E-state index contributed by atoms with van der Waals surface area (Å²) in [4.78, 5) is 31.3. The Labute approximate surface area is 167 Å². The van der Waals surface area contributed by atoms with Crippen molar-refractivity contribution in [3.63, 3.8) is 0 Å². The van der Waals surface area contributed by atoms with E-state index >= 15 is 0 Å². The van der Waals surface area contributed by atoms with Crippen LogP contribution in [0.2, 0.25) is 0 Å². The van der Waals surface area contributed by atoms with Crippen molar-refractivity contribution in [3.05, 3.63) is 53.9 Å². The first kappa shape index (κ1) is 20.3. The van der Waals surface area contributed by atoms with E-state index in [0.717, 1.165) is 24.8 Å². The molecule has 12 heteroatoms. The van der Waals surface area contributed by atoms with Crippen molar-refractivity contribution in [2.75, 3.05) is 12.0 Å². The number of fused-ring (bicyclic) bond motifs is 1. The summed E-state index contributed by atoms with van der Waals surface area (Å²) in [6.07, 6.45) is 0.858. The fourth-order valence-corrected chi connectivity index (χ4v) is 4.54. The number of β-lactam (4-membered cyclic amide) rings is 1. The Morgan fingerprint density at radius 1 is 1.36 bits per heavy atom. The summed E-state index contributed by atoms with van der Waals surface area (Å²) in [5.41, 5.74) is 3.19. The van der Waals surface area contributed by atoms with Gasteiger partial charge in [0.2, 0.25) is 0 Å². The van der Waals surface area contributed by atoms with E-state index in [1.165, 1.54) is 11.8 Å². The van der Waals surface area contributed by atoms with Crippen LogP contribution < -0.4 is 5.48 Å². The van der Waals surface area contributed by atoms with Crippen LogP contribution in [0.4, 0.5) is 0 Å². The van der Waals surface area contributed by atoms with E-state index in [2.05, 4.69) is 16.7 Å². The second-order valence-electron chi connectivity index (χ2n) is 5.95. The standard InChI is InChI=1S/C16H17BN2O7S2/c1-9(10-6-4-3-5-7-10)25-18-12-14(20)19-13(16(21)24-17)11(8-27-15(12)19)26-28(2,22)23/h3-7,12,15,18H,1,8,17H2,2H3/t12-,15-/m1/s1. The normalized spacial score (nSPS) is 21.5. The van der Waals surface area contributed by atoms with Gasteiger partial charge in [-0.05, 0) is 0 Å². The molecule has 0 saturated carbocycles. The average Bonchev–Trinajstić information content (AvgIpc) is 2.66. The Morgan fingerprint density at radius 2 is 2.04 bits per heavy atom. The molecule has 2 atom stereocenters. The van der Waals surface area contributed by atoms with Crippen molar-refractivity contribution in [1.82, 2.24) is 10.4 Å². The lowest BCUT2D eigenvalue weighted by Crippen LogP contribution is -2.69. The van der Waals surface area contributed by atoms with Gasteiger partial charge in [0.1, 0.15) is 11.1 Å². The summed E-state index contributed by atoms with van der Waals surface area (Å²) in [6, 6.07) is 8.38. The molecule has 0 aliphatic carbocycles. The molecule has 0 unspecified atom stereocenters. The summed E-state index contributed by atoms with van der Waals surface area (Å²) in [7, 11) is -2.73. The predicted molar refractivity (Wildman–Crippen MR) is 104 cm³/mol. The van der Waals surface area contributed by atoms with E-state index in [4.69, 9.17) is 9.02 Å². The number of benzene rings is 1. The van der Waals surface area contributed by atoms with E-state index in [1.807, 2.05) is 18.2 Å². The fourth-order valence-electron chi connectivity index (χ4n) is 2.72. The van der Waals surface area contributed by atoms with Gasteiger partial charge in [-0.15, -0.1) is 17.2 Å². The molecule has 1 aromatic carbocycles. The zero-order chi connectivity index (χ0) is 20.5. The van der Waals surface area contributed by atoms with Gasteiger partial charge in [0.25, 0.3) is 5.91 Å². The number of hydrogen-bond acceptors (Lipinski definition) is 9. The molecule has 0 aromatic heterocycles. The fraction of sp³-hybridized carbons (Fsp3) is 0.250. The summed E-state index contributed by atoms with van der Waals surface area (Å²) in [5, 5.41) is -0.489. The van der Waals surface area contributed by atoms with Gasteiger partial charge in [-0.25, -0.2) is 4.79 Å². The highest BCUT2D eigenvalue weighted by molar-refractivity contribution is 8.00. The van der Waals surface area contributed by atoms with Crippen LogP contribution in [0.15, 0.2) is 48.4 Å². The predicted octanol–water partition coefficient (Wildman–Crippen LogP) is -0.259. The zero-order valence-corrected chi connectivity index (χ0v) is 16.7. The average molecular weight is 424 g/mol. The summed E-state index contributed by atoms with van der Waals surface area (Å²) >= 11 is 1.23. The molecular formula is C16H17BN2O7S2. The second-order valence-corrected chi connectivity index (χ2v) is 8.63. The third-order valence-electron chi connectivity index (χ3n) is 3.97. The number of carbonyl (C=O) groups excluding carboxylic acids is 2. The van der Waals surface area contributed by atoms with Crippen LogP contribution in [0.1, 0.15) is 5.56 Å². The van der Waals surface area contributed by atoms with Gasteiger partial charge in [0.05, 0.1) is 12.0 Å². The first-order chi connectivity index (χ1) is 13.2. The monoisotopic (exact) mass is 424 g/mol. The minimum Gasteiger partial charge on any atom is -0.539 e. The maximum absolute atomic E-state index is 12.6. The van der Waals surface area contributed by atoms with Crippen molar-refractivity contribution in [1.29, 1.82) is 0 Å². The number of amides is 1. The lowest BCUT2D eigenvalue weighted by atomic mass is 10.1. The number of nitrogens with zero attached hydrogens (tertiary/aromatic N) is 1.